The molecule has 0 unspecified atom stereocenters. The second-order valence-electron chi connectivity index (χ2n) is 5.48. The molecule has 0 aliphatic heterocycles. The van der Waals surface area contributed by atoms with Crippen molar-refractivity contribution in [2.24, 2.45) is 0 Å². The second-order valence-corrected chi connectivity index (χ2v) is 5.48. The molecule has 0 heterocycles. The lowest BCUT2D eigenvalue weighted by molar-refractivity contribution is 0.0945. The van der Waals surface area contributed by atoms with E-state index in [1.165, 1.54) is 11.6 Å². The lowest BCUT2D eigenvalue weighted by Gasteiger charge is -2.25. The Morgan fingerprint density at radius 3 is 2.45 bits per heavy atom. The summed E-state index contributed by atoms with van der Waals surface area (Å²) < 4.78 is 0. The fraction of sp³-hybridized carbons (Fsp3) is 0.235. The second kappa shape index (κ2) is 5.78. The topological polar surface area (TPSA) is 49.3 Å². The van der Waals surface area contributed by atoms with Crippen LogP contribution in [-0.2, 0) is 5.41 Å². The van der Waals surface area contributed by atoms with Crippen molar-refractivity contribution < 1.29 is 9.90 Å². The van der Waals surface area contributed by atoms with Crippen molar-refractivity contribution in [3.05, 3.63) is 65.7 Å². The highest BCUT2D eigenvalue weighted by atomic mass is 16.3. The Balaban J connectivity index is 2.03. The SMILES string of the molecule is CC(C)(CNC(=O)c1cccc(O)c1)c1ccccc1. The van der Waals surface area contributed by atoms with Crippen molar-refractivity contribution in [1.82, 2.24) is 5.32 Å². The number of phenolic OH excluding ortho intramolecular Hbond substituents is 1. The molecule has 2 aromatic carbocycles. The summed E-state index contributed by atoms with van der Waals surface area (Å²) in [7, 11) is 0. The van der Waals surface area contributed by atoms with E-state index in [1.54, 1.807) is 18.2 Å². The first-order chi connectivity index (χ1) is 9.49. The van der Waals surface area contributed by atoms with Gasteiger partial charge in [0.25, 0.3) is 5.91 Å². The van der Waals surface area contributed by atoms with Crippen LogP contribution in [0.1, 0.15) is 29.8 Å². The average molecular weight is 269 g/mol. The molecule has 3 heteroatoms. The van der Waals surface area contributed by atoms with Crippen LogP contribution in [0.25, 0.3) is 0 Å². The molecular formula is C17H19NO2. The monoisotopic (exact) mass is 269 g/mol. The van der Waals surface area contributed by atoms with Crippen LogP contribution in [0.3, 0.4) is 0 Å². The molecule has 0 aromatic heterocycles. The minimum Gasteiger partial charge on any atom is -0.508 e. The first-order valence-electron chi connectivity index (χ1n) is 6.62. The van der Waals surface area contributed by atoms with Crippen molar-refractivity contribution in [1.29, 1.82) is 0 Å². The highest BCUT2D eigenvalue weighted by Gasteiger charge is 2.21. The van der Waals surface area contributed by atoms with Gasteiger partial charge in [-0.2, -0.15) is 0 Å². The van der Waals surface area contributed by atoms with Gasteiger partial charge in [0.05, 0.1) is 0 Å². The highest BCUT2D eigenvalue weighted by Crippen LogP contribution is 2.22. The third-order valence-electron chi connectivity index (χ3n) is 3.35. The maximum Gasteiger partial charge on any atom is 0.251 e. The van der Waals surface area contributed by atoms with E-state index in [0.29, 0.717) is 12.1 Å². The van der Waals surface area contributed by atoms with E-state index in [1.807, 2.05) is 18.2 Å². The quantitative estimate of drug-likeness (QED) is 0.896. The van der Waals surface area contributed by atoms with Gasteiger partial charge in [-0.05, 0) is 23.8 Å². The van der Waals surface area contributed by atoms with Crippen LogP contribution >= 0.6 is 0 Å². The van der Waals surface area contributed by atoms with Crippen LogP contribution in [0.15, 0.2) is 54.6 Å². The number of rotatable bonds is 4. The van der Waals surface area contributed by atoms with E-state index in [0.717, 1.165) is 0 Å². The number of phenols is 1. The summed E-state index contributed by atoms with van der Waals surface area (Å²) in [5, 5.41) is 12.3. The van der Waals surface area contributed by atoms with Crippen LogP contribution in [0, 0.1) is 0 Å². The number of carbonyl (C=O) groups excluding carboxylic acids is 1. The van der Waals surface area contributed by atoms with Crippen molar-refractivity contribution in [3.8, 4) is 5.75 Å². The highest BCUT2D eigenvalue weighted by molar-refractivity contribution is 5.94. The summed E-state index contributed by atoms with van der Waals surface area (Å²) in [5.41, 5.74) is 1.50. The Morgan fingerprint density at radius 1 is 1.10 bits per heavy atom. The molecule has 104 valence electrons. The van der Waals surface area contributed by atoms with Gasteiger partial charge in [0.1, 0.15) is 5.75 Å². The number of hydrogen-bond acceptors (Lipinski definition) is 2. The number of amides is 1. The van der Waals surface area contributed by atoms with Crippen molar-refractivity contribution >= 4 is 5.91 Å². The summed E-state index contributed by atoms with van der Waals surface area (Å²) >= 11 is 0. The molecule has 2 N–H and O–H groups in total. The Bertz CT molecular complexity index is 591. The number of hydrogen-bond donors (Lipinski definition) is 2. The average Bonchev–Trinajstić information content (AvgIpc) is 2.46. The molecule has 0 aliphatic carbocycles. The van der Waals surface area contributed by atoms with Gasteiger partial charge in [0, 0.05) is 17.5 Å². The largest absolute Gasteiger partial charge is 0.508 e. The minimum absolute atomic E-state index is 0.0972. The molecule has 0 saturated heterocycles. The van der Waals surface area contributed by atoms with Crippen molar-refractivity contribution in [3.63, 3.8) is 0 Å². The normalized spacial score (nSPS) is 11.1. The van der Waals surface area contributed by atoms with Crippen LogP contribution in [-0.4, -0.2) is 17.6 Å². The van der Waals surface area contributed by atoms with Gasteiger partial charge in [-0.15, -0.1) is 0 Å². The van der Waals surface area contributed by atoms with E-state index in [9.17, 15) is 9.90 Å². The maximum atomic E-state index is 12.1. The molecule has 0 fully saturated rings. The van der Waals surface area contributed by atoms with Gasteiger partial charge in [0.15, 0.2) is 0 Å². The van der Waals surface area contributed by atoms with Gasteiger partial charge < -0.3 is 10.4 Å². The summed E-state index contributed by atoms with van der Waals surface area (Å²) in [4.78, 5) is 12.1. The number of aromatic hydroxyl groups is 1. The van der Waals surface area contributed by atoms with Gasteiger partial charge in [-0.1, -0.05) is 50.2 Å². The minimum atomic E-state index is -0.176. The predicted octanol–water partition coefficient (Wildman–Crippen LogP) is 3.10. The fourth-order valence-corrected chi connectivity index (χ4v) is 2.04. The molecule has 20 heavy (non-hydrogen) atoms. The predicted molar refractivity (Wildman–Crippen MR) is 79.9 cm³/mol. The summed E-state index contributed by atoms with van der Waals surface area (Å²) in [6.07, 6.45) is 0. The lowest BCUT2D eigenvalue weighted by atomic mass is 9.84. The Labute approximate surface area is 119 Å². The molecule has 0 saturated carbocycles. The molecule has 2 rings (SSSR count). The Hall–Kier alpha value is -2.29. The molecule has 0 atom stereocenters. The molecule has 0 spiro atoms. The van der Waals surface area contributed by atoms with Gasteiger partial charge in [-0.3, -0.25) is 4.79 Å². The van der Waals surface area contributed by atoms with Crippen molar-refractivity contribution in [2.45, 2.75) is 19.3 Å². The van der Waals surface area contributed by atoms with E-state index in [2.05, 4.69) is 31.3 Å². The molecule has 2 aromatic rings. The third kappa shape index (κ3) is 3.38. The Morgan fingerprint density at radius 2 is 1.80 bits per heavy atom. The van der Waals surface area contributed by atoms with Gasteiger partial charge in [0.2, 0.25) is 0 Å². The zero-order valence-electron chi connectivity index (χ0n) is 11.8. The number of benzene rings is 2. The Kier molecular flexibility index (Phi) is 4.08. The van der Waals surface area contributed by atoms with Crippen molar-refractivity contribution in [2.75, 3.05) is 6.54 Å². The molecule has 0 aliphatic rings. The first kappa shape index (κ1) is 14.1. The van der Waals surface area contributed by atoms with E-state index < -0.39 is 0 Å². The molecular weight excluding hydrogens is 250 g/mol. The number of nitrogens with one attached hydrogen (secondary N) is 1. The summed E-state index contributed by atoms with van der Waals surface area (Å²) in [5.74, 6) is -0.0788. The van der Waals surface area contributed by atoms with Gasteiger partial charge in [-0.25, -0.2) is 0 Å². The lowest BCUT2D eigenvalue weighted by Crippen LogP contribution is -2.36. The smallest absolute Gasteiger partial charge is 0.251 e. The molecule has 3 nitrogen and oxygen atoms in total. The molecule has 0 bridgehead atoms. The number of carbonyl (C=O) groups is 1. The molecule has 0 radical (unpaired) electrons. The molecule has 1 amide bonds. The van der Waals surface area contributed by atoms with E-state index in [-0.39, 0.29) is 17.1 Å². The van der Waals surface area contributed by atoms with Crippen LogP contribution in [0.2, 0.25) is 0 Å². The van der Waals surface area contributed by atoms with E-state index >= 15 is 0 Å². The summed E-state index contributed by atoms with van der Waals surface area (Å²) in [6, 6.07) is 16.4. The fourth-order valence-electron chi connectivity index (χ4n) is 2.04. The standard InChI is InChI=1S/C17H19NO2/c1-17(2,14-8-4-3-5-9-14)12-18-16(20)13-7-6-10-15(19)11-13/h3-11,19H,12H2,1-2H3,(H,18,20). The van der Waals surface area contributed by atoms with E-state index in [4.69, 9.17) is 0 Å². The zero-order valence-corrected chi connectivity index (χ0v) is 11.8. The summed E-state index contributed by atoms with van der Waals surface area (Å²) in [6.45, 7) is 4.71. The van der Waals surface area contributed by atoms with Crippen LogP contribution < -0.4 is 5.32 Å². The van der Waals surface area contributed by atoms with Crippen LogP contribution in [0.5, 0.6) is 5.75 Å². The maximum absolute atomic E-state index is 12.1. The third-order valence-corrected chi connectivity index (χ3v) is 3.35. The van der Waals surface area contributed by atoms with Gasteiger partial charge >= 0.3 is 0 Å². The van der Waals surface area contributed by atoms with Crippen LogP contribution in [0.4, 0.5) is 0 Å². The first-order valence-corrected chi connectivity index (χ1v) is 6.62. The zero-order chi connectivity index (χ0) is 14.6.